The number of benzene rings is 1. The maximum atomic E-state index is 3.81. The molecule has 2 rings (SSSR count). The minimum absolute atomic E-state index is 0.421. The van der Waals surface area contributed by atoms with Gasteiger partial charge in [0.2, 0.25) is 0 Å². The predicted octanol–water partition coefficient (Wildman–Crippen LogP) is 4.95. The standard InChI is InChI=1S/C18H29NS/c1-6-11-19-17-15(9-10-18(17,4)5)20-16-12-13(2)7-8-14(16)3/h7-8,12,15,17,19H,6,9-11H2,1-5H3. The van der Waals surface area contributed by atoms with Crippen molar-refractivity contribution in [2.24, 2.45) is 5.41 Å². The Balaban J connectivity index is 2.13. The highest BCUT2D eigenvalue weighted by Crippen LogP contribution is 2.45. The summed E-state index contributed by atoms with van der Waals surface area (Å²) in [7, 11) is 0. The Morgan fingerprint density at radius 1 is 1.30 bits per heavy atom. The van der Waals surface area contributed by atoms with Crippen LogP contribution in [0.3, 0.4) is 0 Å². The molecular formula is C18H29NS. The van der Waals surface area contributed by atoms with Crippen molar-refractivity contribution in [2.75, 3.05) is 6.54 Å². The van der Waals surface area contributed by atoms with Crippen molar-refractivity contribution in [2.45, 2.75) is 70.1 Å². The van der Waals surface area contributed by atoms with E-state index in [9.17, 15) is 0 Å². The SMILES string of the molecule is CCCNC1C(Sc2cc(C)ccc2C)CCC1(C)C. The quantitative estimate of drug-likeness (QED) is 0.823. The van der Waals surface area contributed by atoms with Gasteiger partial charge >= 0.3 is 0 Å². The average molecular weight is 292 g/mol. The maximum Gasteiger partial charge on any atom is 0.0253 e. The maximum absolute atomic E-state index is 3.81. The number of hydrogen-bond acceptors (Lipinski definition) is 2. The Morgan fingerprint density at radius 2 is 2.05 bits per heavy atom. The van der Waals surface area contributed by atoms with Gasteiger partial charge in [0.15, 0.2) is 0 Å². The van der Waals surface area contributed by atoms with Crippen molar-refractivity contribution in [1.29, 1.82) is 0 Å². The van der Waals surface area contributed by atoms with Gasteiger partial charge in [0.05, 0.1) is 0 Å². The van der Waals surface area contributed by atoms with E-state index in [0.29, 0.717) is 16.7 Å². The van der Waals surface area contributed by atoms with Gasteiger partial charge in [0.25, 0.3) is 0 Å². The smallest absolute Gasteiger partial charge is 0.0253 e. The molecule has 2 unspecified atom stereocenters. The third-order valence-electron chi connectivity index (χ3n) is 4.52. The van der Waals surface area contributed by atoms with Crippen LogP contribution in [0, 0.1) is 19.3 Å². The van der Waals surface area contributed by atoms with Gasteiger partial charge in [-0.05, 0) is 56.7 Å². The molecule has 112 valence electrons. The number of aryl methyl sites for hydroxylation is 2. The highest BCUT2D eigenvalue weighted by atomic mass is 32.2. The third-order valence-corrected chi connectivity index (χ3v) is 6.03. The summed E-state index contributed by atoms with van der Waals surface area (Å²) in [5.41, 5.74) is 3.21. The highest BCUT2D eigenvalue weighted by Gasteiger charge is 2.41. The molecule has 1 saturated carbocycles. The lowest BCUT2D eigenvalue weighted by atomic mass is 9.87. The minimum Gasteiger partial charge on any atom is -0.312 e. The van der Waals surface area contributed by atoms with Gasteiger partial charge in [-0.3, -0.25) is 0 Å². The van der Waals surface area contributed by atoms with Crippen molar-refractivity contribution in [3.05, 3.63) is 29.3 Å². The van der Waals surface area contributed by atoms with Crippen molar-refractivity contribution >= 4 is 11.8 Å². The first-order valence-electron chi connectivity index (χ1n) is 7.91. The van der Waals surface area contributed by atoms with Crippen molar-refractivity contribution in [3.8, 4) is 0 Å². The molecular weight excluding hydrogens is 262 g/mol. The molecule has 0 amide bonds. The van der Waals surface area contributed by atoms with Crippen molar-refractivity contribution in [1.82, 2.24) is 5.32 Å². The lowest BCUT2D eigenvalue weighted by Crippen LogP contribution is -2.43. The molecule has 0 heterocycles. The lowest BCUT2D eigenvalue weighted by molar-refractivity contribution is 0.287. The minimum atomic E-state index is 0.421. The van der Waals surface area contributed by atoms with Crippen LogP contribution in [0.4, 0.5) is 0 Å². The average Bonchev–Trinajstić information content (AvgIpc) is 2.67. The Morgan fingerprint density at radius 3 is 2.75 bits per heavy atom. The summed E-state index contributed by atoms with van der Waals surface area (Å²) in [4.78, 5) is 1.47. The second kappa shape index (κ2) is 6.53. The van der Waals surface area contributed by atoms with Gasteiger partial charge < -0.3 is 5.32 Å². The van der Waals surface area contributed by atoms with Crippen LogP contribution in [0.2, 0.25) is 0 Å². The Kier molecular flexibility index (Phi) is 5.19. The molecule has 1 fully saturated rings. The molecule has 1 aliphatic rings. The fourth-order valence-electron chi connectivity index (χ4n) is 3.17. The number of hydrogen-bond donors (Lipinski definition) is 1. The molecule has 20 heavy (non-hydrogen) atoms. The number of thioether (sulfide) groups is 1. The van der Waals surface area contributed by atoms with E-state index >= 15 is 0 Å². The zero-order chi connectivity index (χ0) is 14.8. The molecule has 0 radical (unpaired) electrons. The van der Waals surface area contributed by atoms with Gasteiger partial charge in [-0.15, -0.1) is 11.8 Å². The van der Waals surface area contributed by atoms with Crippen LogP contribution in [0.5, 0.6) is 0 Å². The third kappa shape index (κ3) is 3.59. The Hall–Kier alpha value is -0.470. The predicted molar refractivity (Wildman–Crippen MR) is 90.7 cm³/mol. The van der Waals surface area contributed by atoms with E-state index in [2.05, 4.69) is 69.9 Å². The largest absolute Gasteiger partial charge is 0.312 e. The van der Waals surface area contributed by atoms with Gasteiger partial charge in [0, 0.05) is 16.2 Å². The summed E-state index contributed by atoms with van der Waals surface area (Å²) in [6.07, 6.45) is 3.87. The summed E-state index contributed by atoms with van der Waals surface area (Å²) in [5, 5.41) is 4.51. The van der Waals surface area contributed by atoms with Gasteiger partial charge in [-0.25, -0.2) is 0 Å². The van der Waals surface area contributed by atoms with Crippen molar-refractivity contribution in [3.63, 3.8) is 0 Å². The lowest BCUT2D eigenvalue weighted by Gasteiger charge is -2.31. The fourth-order valence-corrected chi connectivity index (χ4v) is 4.84. The molecule has 0 spiro atoms. The first-order chi connectivity index (χ1) is 9.44. The van der Waals surface area contributed by atoms with Crippen LogP contribution in [0.15, 0.2) is 23.1 Å². The molecule has 0 bridgehead atoms. The van der Waals surface area contributed by atoms with Gasteiger partial charge in [0.1, 0.15) is 0 Å². The van der Waals surface area contributed by atoms with E-state index in [-0.39, 0.29) is 0 Å². The second-order valence-corrected chi connectivity index (χ2v) is 8.17. The number of rotatable bonds is 5. The van der Waals surface area contributed by atoms with E-state index in [4.69, 9.17) is 0 Å². The number of nitrogens with one attached hydrogen (secondary N) is 1. The summed E-state index contributed by atoms with van der Waals surface area (Å²) < 4.78 is 0. The van der Waals surface area contributed by atoms with Crippen molar-refractivity contribution < 1.29 is 0 Å². The summed E-state index contributed by atoms with van der Waals surface area (Å²) in [5.74, 6) is 0. The summed E-state index contributed by atoms with van der Waals surface area (Å²) >= 11 is 2.09. The van der Waals surface area contributed by atoms with Gasteiger partial charge in [-0.1, -0.05) is 38.5 Å². The molecule has 0 aliphatic heterocycles. The Bertz CT molecular complexity index is 453. The fraction of sp³-hybridized carbons (Fsp3) is 0.667. The summed E-state index contributed by atoms with van der Waals surface area (Å²) in [6.45, 7) is 12.7. The molecule has 1 aromatic rings. The normalized spacial score (nSPS) is 25.1. The molecule has 1 aliphatic carbocycles. The van der Waals surface area contributed by atoms with E-state index in [1.807, 2.05) is 0 Å². The topological polar surface area (TPSA) is 12.0 Å². The van der Waals surface area contributed by atoms with Crippen LogP contribution in [-0.4, -0.2) is 17.8 Å². The molecule has 2 atom stereocenters. The molecule has 0 saturated heterocycles. The van der Waals surface area contributed by atoms with Crippen LogP contribution in [0.1, 0.15) is 51.2 Å². The van der Waals surface area contributed by atoms with Crippen LogP contribution < -0.4 is 5.32 Å². The second-order valence-electron chi connectivity index (χ2n) is 6.88. The monoisotopic (exact) mass is 291 g/mol. The van der Waals surface area contributed by atoms with Crippen LogP contribution >= 0.6 is 11.8 Å². The van der Waals surface area contributed by atoms with E-state index in [1.165, 1.54) is 35.3 Å². The molecule has 1 N–H and O–H groups in total. The van der Waals surface area contributed by atoms with Gasteiger partial charge in [-0.2, -0.15) is 0 Å². The first kappa shape index (κ1) is 15.9. The molecule has 1 aromatic carbocycles. The Labute approximate surface area is 128 Å². The van der Waals surface area contributed by atoms with E-state index < -0.39 is 0 Å². The highest BCUT2D eigenvalue weighted by molar-refractivity contribution is 8.00. The molecule has 1 nitrogen and oxygen atoms in total. The van der Waals surface area contributed by atoms with E-state index in [1.54, 1.807) is 0 Å². The van der Waals surface area contributed by atoms with E-state index in [0.717, 1.165) is 6.54 Å². The summed E-state index contributed by atoms with van der Waals surface area (Å²) in [6, 6.07) is 7.45. The zero-order valence-corrected chi connectivity index (χ0v) is 14.4. The van der Waals surface area contributed by atoms with Crippen LogP contribution in [0.25, 0.3) is 0 Å². The molecule has 0 aromatic heterocycles. The zero-order valence-electron chi connectivity index (χ0n) is 13.6. The first-order valence-corrected chi connectivity index (χ1v) is 8.79. The van der Waals surface area contributed by atoms with Crippen LogP contribution in [-0.2, 0) is 0 Å². The molecule has 2 heteroatoms.